The van der Waals surface area contributed by atoms with Crippen LogP contribution in [0, 0.1) is 0 Å². The highest BCUT2D eigenvalue weighted by Crippen LogP contribution is 2.31. The minimum atomic E-state index is -0.526. The molecule has 0 aromatic carbocycles. The van der Waals surface area contributed by atoms with E-state index in [4.69, 9.17) is 9.47 Å². The van der Waals surface area contributed by atoms with Gasteiger partial charge in [0.25, 0.3) is 0 Å². The quantitative estimate of drug-likeness (QED) is 0.717. The van der Waals surface area contributed by atoms with E-state index in [-0.39, 0.29) is 24.1 Å². The molecule has 1 amide bonds. The van der Waals surface area contributed by atoms with Crippen LogP contribution in [0.4, 0.5) is 4.79 Å². The van der Waals surface area contributed by atoms with Gasteiger partial charge in [0.2, 0.25) is 0 Å². The van der Waals surface area contributed by atoms with E-state index in [2.05, 4.69) is 5.32 Å². The Morgan fingerprint density at radius 2 is 1.95 bits per heavy atom. The SMILES string of the molecule is COC(=O)[C@H]1NC[C@H]2CC[C@@H]1N2C(=O)OC(C)(C)C. The van der Waals surface area contributed by atoms with Crippen molar-refractivity contribution >= 4 is 12.1 Å². The molecular formula is C13H22N2O4. The molecular weight excluding hydrogens is 248 g/mol. The third-order valence-electron chi connectivity index (χ3n) is 3.56. The molecule has 0 aliphatic carbocycles. The normalized spacial score (nSPS) is 30.1. The maximum Gasteiger partial charge on any atom is 0.410 e. The minimum absolute atomic E-state index is 0.112. The highest BCUT2D eigenvalue weighted by atomic mass is 16.6. The monoisotopic (exact) mass is 270 g/mol. The summed E-state index contributed by atoms with van der Waals surface area (Å²) in [6.45, 7) is 6.13. The number of methoxy groups -OCH3 is 1. The molecule has 0 spiro atoms. The number of carbonyl (C=O) groups is 2. The lowest BCUT2D eigenvalue weighted by atomic mass is 10.1. The summed E-state index contributed by atoms with van der Waals surface area (Å²) in [6.07, 6.45) is 1.36. The first kappa shape index (κ1) is 14.1. The first-order valence-electron chi connectivity index (χ1n) is 6.66. The average Bonchev–Trinajstić information content (AvgIpc) is 2.61. The zero-order chi connectivity index (χ0) is 14.2. The second-order valence-corrected chi connectivity index (χ2v) is 6.10. The highest BCUT2D eigenvalue weighted by Gasteiger charge is 2.49. The lowest BCUT2D eigenvalue weighted by Crippen LogP contribution is -2.62. The summed E-state index contributed by atoms with van der Waals surface area (Å²) in [7, 11) is 1.36. The van der Waals surface area contributed by atoms with Crippen LogP contribution in [0.5, 0.6) is 0 Å². The molecule has 19 heavy (non-hydrogen) atoms. The van der Waals surface area contributed by atoms with Gasteiger partial charge in [-0.15, -0.1) is 0 Å². The molecule has 2 heterocycles. The van der Waals surface area contributed by atoms with Crippen molar-refractivity contribution in [3.05, 3.63) is 0 Å². The number of nitrogens with one attached hydrogen (secondary N) is 1. The molecule has 6 nitrogen and oxygen atoms in total. The first-order valence-corrected chi connectivity index (χ1v) is 6.66. The molecule has 6 heteroatoms. The molecule has 108 valence electrons. The fourth-order valence-electron chi connectivity index (χ4n) is 2.81. The molecule has 2 fully saturated rings. The van der Waals surface area contributed by atoms with Gasteiger partial charge in [0.15, 0.2) is 0 Å². The topological polar surface area (TPSA) is 67.9 Å². The van der Waals surface area contributed by atoms with Crippen molar-refractivity contribution in [1.82, 2.24) is 10.2 Å². The molecule has 0 saturated carbocycles. The molecule has 2 aliphatic heterocycles. The Hall–Kier alpha value is -1.30. The molecule has 0 aromatic rings. The highest BCUT2D eigenvalue weighted by molar-refractivity contribution is 5.79. The number of rotatable bonds is 1. The Bertz CT molecular complexity index is 377. The number of fused-ring (bicyclic) bond motifs is 2. The molecule has 0 radical (unpaired) electrons. The Kier molecular flexibility index (Phi) is 3.71. The number of ether oxygens (including phenoxy) is 2. The van der Waals surface area contributed by atoms with Gasteiger partial charge in [-0.25, -0.2) is 4.79 Å². The largest absolute Gasteiger partial charge is 0.468 e. The van der Waals surface area contributed by atoms with E-state index in [1.165, 1.54) is 7.11 Å². The Labute approximate surface area is 113 Å². The molecule has 2 aliphatic rings. The van der Waals surface area contributed by atoms with Crippen LogP contribution in [0.3, 0.4) is 0 Å². The number of amides is 1. The molecule has 1 N–H and O–H groups in total. The maximum absolute atomic E-state index is 12.3. The molecule has 2 rings (SSSR count). The summed E-state index contributed by atoms with van der Waals surface area (Å²) in [5.74, 6) is -0.320. The molecule has 3 atom stereocenters. The predicted molar refractivity (Wildman–Crippen MR) is 68.7 cm³/mol. The number of nitrogens with zero attached hydrogens (tertiary/aromatic N) is 1. The van der Waals surface area contributed by atoms with Gasteiger partial charge in [-0.1, -0.05) is 0 Å². The summed E-state index contributed by atoms with van der Waals surface area (Å²) in [4.78, 5) is 25.7. The number of esters is 1. The van der Waals surface area contributed by atoms with E-state index in [9.17, 15) is 9.59 Å². The lowest BCUT2D eigenvalue weighted by molar-refractivity contribution is -0.145. The van der Waals surface area contributed by atoms with E-state index in [1.54, 1.807) is 4.90 Å². The Morgan fingerprint density at radius 1 is 1.26 bits per heavy atom. The van der Waals surface area contributed by atoms with E-state index < -0.39 is 11.6 Å². The van der Waals surface area contributed by atoms with Crippen molar-refractivity contribution in [3.8, 4) is 0 Å². The standard InChI is InChI=1S/C13H22N2O4/c1-13(2,3)19-12(17)15-8-5-6-9(15)10(14-7-8)11(16)18-4/h8-10,14H,5-7H2,1-4H3/t8-,9+,10+/m1/s1. The van der Waals surface area contributed by atoms with Crippen molar-refractivity contribution in [2.45, 2.75) is 57.3 Å². The van der Waals surface area contributed by atoms with Crippen LogP contribution in [-0.2, 0) is 14.3 Å². The van der Waals surface area contributed by atoms with Gasteiger partial charge in [-0.05, 0) is 33.6 Å². The number of piperazine rings is 1. The van der Waals surface area contributed by atoms with Gasteiger partial charge >= 0.3 is 12.1 Å². The Morgan fingerprint density at radius 3 is 2.53 bits per heavy atom. The summed E-state index contributed by atoms with van der Waals surface area (Å²) < 4.78 is 10.2. The van der Waals surface area contributed by atoms with Gasteiger partial charge in [-0.2, -0.15) is 0 Å². The molecule has 2 bridgehead atoms. The van der Waals surface area contributed by atoms with Crippen molar-refractivity contribution < 1.29 is 19.1 Å². The average molecular weight is 270 g/mol. The van der Waals surface area contributed by atoms with Crippen molar-refractivity contribution in [1.29, 1.82) is 0 Å². The molecule has 0 unspecified atom stereocenters. The molecule has 0 aromatic heterocycles. The third kappa shape index (κ3) is 2.83. The Balaban J connectivity index is 2.12. The zero-order valence-corrected chi connectivity index (χ0v) is 11.9. The first-order chi connectivity index (χ1) is 8.83. The van der Waals surface area contributed by atoms with Gasteiger partial charge in [0, 0.05) is 12.6 Å². The van der Waals surface area contributed by atoms with Crippen LogP contribution in [0.25, 0.3) is 0 Å². The fraction of sp³-hybridized carbons (Fsp3) is 0.846. The lowest BCUT2D eigenvalue weighted by Gasteiger charge is -2.39. The van der Waals surface area contributed by atoms with Crippen LogP contribution in [0.1, 0.15) is 33.6 Å². The van der Waals surface area contributed by atoms with Gasteiger partial charge in [0.1, 0.15) is 11.6 Å². The third-order valence-corrected chi connectivity index (χ3v) is 3.56. The van der Waals surface area contributed by atoms with Crippen molar-refractivity contribution in [3.63, 3.8) is 0 Å². The van der Waals surface area contributed by atoms with Crippen LogP contribution >= 0.6 is 0 Å². The number of hydrogen-bond donors (Lipinski definition) is 1. The van der Waals surface area contributed by atoms with E-state index in [0.717, 1.165) is 12.8 Å². The minimum Gasteiger partial charge on any atom is -0.468 e. The van der Waals surface area contributed by atoms with Gasteiger partial charge in [0.05, 0.1) is 13.2 Å². The van der Waals surface area contributed by atoms with E-state index in [1.807, 2.05) is 20.8 Å². The summed E-state index contributed by atoms with van der Waals surface area (Å²) in [5.41, 5.74) is -0.526. The number of hydrogen-bond acceptors (Lipinski definition) is 5. The smallest absolute Gasteiger partial charge is 0.410 e. The van der Waals surface area contributed by atoms with Crippen molar-refractivity contribution in [2.75, 3.05) is 13.7 Å². The fourth-order valence-corrected chi connectivity index (χ4v) is 2.81. The van der Waals surface area contributed by atoms with Crippen LogP contribution in [0.2, 0.25) is 0 Å². The van der Waals surface area contributed by atoms with E-state index in [0.29, 0.717) is 6.54 Å². The van der Waals surface area contributed by atoms with Gasteiger partial charge < -0.3 is 14.8 Å². The summed E-state index contributed by atoms with van der Waals surface area (Å²) >= 11 is 0. The zero-order valence-electron chi connectivity index (χ0n) is 11.9. The molecule has 2 saturated heterocycles. The van der Waals surface area contributed by atoms with Crippen LogP contribution in [-0.4, -0.2) is 54.3 Å². The van der Waals surface area contributed by atoms with E-state index >= 15 is 0 Å². The predicted octanol–water partition coefficient (Wildman–Crippen LogP) is 0.899. The van der Waals surface area contributed by atoms with Crippen molar-refractivity contribution in [2.24, 2.45) is 0 Å². The summed E-state index contributed by atoms with van der Waals surface area (Å²) in [5, 5.41) is 3.16. The number of carbonyl (C=O) groups excluding carboxylic acids is 2. The van der Waals surface area contributed by atoms with Crippen LogP contribution < -0.4 is 5.32 Å². The second kappa shape index (κ2) is 5.00. The van der Waals surface area contributed by atoms with Crippen LogP contribution in [0.15, 0.2) is 0 Å². The second-order valence-electron chi connectivity index (χ2n) is 6.10. The van der Waals surface area contributed by atoms with Gasteiger partial charge in [-0.3, -0.25) is 9.69 Å². The maximum atomic E-state index is 12.3. The summed E-state index contributed by atoms with van der Waals surface area (Å²) in [6, 6.07) is -0.502.